The summed E-state index contributed by atoms with van der Waals surface area (Å²) in [6, 6.07) is 4.36. The van der Waals surface area contributed by atoms with Crippen LogP contribution in [0.4, 0.5) is 0 Å². The molecule has 1 aromatic carbocycles. The first-order chi connectivity index (χ1) is 9.68. The van der Waals surface area contributed by atoms with Crippen LogP contribution >= 0.6 is 23.2 Å². The average Bonchev–Trinajstić information content (AvgIpc) is 2.36. The quantitative estimate of drug-likeness (QED) is 0.797. The molecule has 1 unspecified atom stereocenters. The molecule has 5 nitrogen and oxygen atoms in total. The molecular weight excluding hydrogens is 337 g/mol. The van der Waals surface area contributed by atoms with Crippen molar-refractivity contribution in [3.8, 4) is 0 Å². The number of carbonyl (C=O) groups is 1. The number of methoxy groups -OCH3 is 1. The van der Waals surface area contributed by atoms with E-state index >= 15 is 0 Å². The summed E-state index contributed by atoms with van der Waals surface area (Å²) in [4.78, 5) is 11.6. The van der Waals surface area contributed by atoms with Crippen molar-refractivity contribution in [2.45, 2.75) is 37.1 Å². The van der Waals surface area contributed by atoms with E-state index in [0.29, 0.717) is 6.42 Å². The molecule has 0 spiro atoms. The fraction of sp³-hybridized carbons (Fsp3) is 0.462. The van der Waals surface area contributed by atoms with Gasteiger partial charge in [-0.05, 0) is 25.5 Å². The highest BCUT2D eigenvalue weighted by Gasteiger charge is 2.39. The number of esters is 1. The van der Waals surface area contributed by atoms with Gasteiger partial charge in [-0.2, -0.15) is 4.72 Å². The molecule has 1 rings (SSSR count). The molecule has 0 aliphatic rings. The Balaban J connectivity index is 3.28. The minimum Gasteiger partial charge on any atom is -0.468 e. The van der Waals surface area contributed by atoms with Crippen molar-refractivity contribution in [2.75, 3.05) is 7.11 Å². The Hall–Kier alpha value is -0.820. The number of carbonyl (C=O) groups excluding carboxylic acids is 1. The SMILES string of the molecule is CCCC(C)(NS(=O)(=O)c1c(Cl)cccc1Cl)C(=O)OC. The second-order valence-corrected chi connectivity index (χ2v) is 7.16. The van der Waals surface area contributed by atoms with Crippen molar-refractivity contribution in [2.24, 2.45) is 0 Å². The Bertz CT molecular complexity index is 613. The van der Waals surface area contributed by atoms with Gasteiger partial charge < -0.3 is 4.74 Å². The van der Waals surface area contributed by atoms with Crippen molar-refractivity contribution in [1.82, 2.24) is 4.72 Å². The van der Waals surface area contributed by atoms with Gasteiger partial charge in [0.15, 0.2) is 0 Å². The van der Waals surface area contributed by atoms with Gasteiger partial charge in [-0.25, -0.2) is 8.42 Å². The molecule has 0 saturated carbocycles. The lowest BCUT2D eigenvalue weighted by molar-refractivity contribution is -0.147. The topological polar surface area (TPSA) is 72.5 Å². The first kappa shape index (κ1) is 18.2. The number of hydrogen-bond donors (Lipinski definition) is 1. The van der Waals surface area contributed by atoms with Crippen LogP contribution in [0.25, 0.3) is 0 Å². The van der Waals surface area contributed by atoms with Crippen molar-refractivity contribution in [3.63, 3.8) is 0 Å². The van der Waals surface area contributed by atoms with Crippen molar-refractivity contribution in [3.05, 3.63) is 28.2 Å². The molecule has 0 fully saturated rings. The number of ether oxygens (including phenoxy) is 1. The predicted octanol–water partition coefficient (Wildman–Crippen LogP) is 3.00. The normalized spacial score (nSPS) is 14.5. The van der Waals surface area contributed by atoms with E-state index in [1.54, 1.807) is 0 Å². The van der Waals surface area contributed by atoms with E-state index in [2.05, 4.69) is 9.46 Å². The zero-order chi connectivity index (χ0) is 16.3. The van der Waals surface area contributed by atoms with Crippen LogP contribution in [0.3, 0.4) is 0 Å². The molecular formula is C13H17Cl2NO4S. The third-order valence-electron chi connectivity index (χ3n) is 2.93. The molecule has 1 atom stereocenters. The lowest BCUT2D eigenvalue weighted by atomic mass is 9.98. The molecule has 0 bridgehead atoms. The summed E-state index contributed by atoms with van der Waals surface area (Å²) in [6.45, 7) is 3.29. The lowest BCUT2D eigenvalue weighted by Crippen LogP contribution is -2.52. The fourth-order valence-corrected chi connectivity index (χ4v) is 4.54. The number of rotatable bonds is 6. The summed E-state index contributed by atoms with van der Waals surface area (Å²) in [6.07, 6.45) is 0.866. The first-order valence-corrected chi connectivity index (χ1v) is 8.48. The van der Waals surface area contributed by atoms with Gasteiger partial charge in [0.05, 0.1) is 17.2 Å². The van der Waals surface area contributed by atoms with E-state index in [1.807, 2.05) is 6.92 Å². The molecule has 118 valence electrons. The average molecular weight is 354 g/mol. The highest BCUT2D eigenvalue weighted by atomic mass is 35.5. The Kier molecular flexibility index (Phi) is 6.04. The second kappa shape index (κ2) is 6.96. The standard InChI is InChI=1S/C13H17Cl2NO4S/c1-4-8-13(2,12(17)20-3)16-21(18,19)11-9(14)6-5-7-10(11)15/h5-7,16H,4,8H2,1-3H3. The van der Waals surface area contributed by atoms with Gasteiger partial charge in [0.25, 0.3) is 0 Å². The van der Waals surface area contributed by atoms with Gasteiger partial charge in [0.2, 0.25) is 10.0 Å². The summed E-state index contributed by atoms with van der Waals surface area (Å²) >= 11 is 11.8. The number of benzene rings is 1. The minimum absolute atomic E-state index is 0.0151. The van der Waals surface area contributed by atoms with Gasteiger partial charge in [0, 0.05) is 0 Å². The van der Waals surface area contributed by atoms with Crippen LogP contribution in [0, 0.1) is 0 Å². The van der Waals surface area contributed by atoms with E-state index in [4.69, 9.17) is 23.2 Å². The fourth-order valence-electron chi connectivity index (χ4n) is 2.01. The molecule has 0 radical (unpaired) electrons. The molecule has 0 aliphatic heterocycles. The summed E-state index contributed by atoms with van der Waals surface area (Å²) in [5, 5.41) is -0.0302. The third-order valence-corrected chi connectivity index (χ3v) is 5.48. The Morgan fingerprint density at radius 3 is 2.29 bits per heavy atom. The summed E-state index contributed by atoms with van der Waals surface area (Å²) in [5.41, 5.74) is -1.38. The second-order valence-electron chi connectivity index (χ2n) is 4.73. The zero-order valence-corrected chi connectivity index (χ0v) is 14.3. The molecule has 0 aliphatic carbocycles. The van der Waals surface area contributed by atoms with Crippen LogP contribution in [0.2, 0.25) is 10.0 Å². The molecule has 1 N–H and O–H groups in total. The van der Waals surface area contributed by atoms with Gasteiger partial charge in [-0.1, -0.05) is 42.6 Å². The molecule has 0 amide bonds. The van der Waals surface area contributed by atoms with Crippen LogP contribution in [-0.2, 0) is 19.6 Å². The first-order valence-electron chi connectivity index (χ1n) is 6.24. The maximum Gasteiger partial charge on any atom is 0.326 e. The monoisotopic (exact) mass is 353 g/mol. The minimum atomic E-state index is -4.07. The van der Waals surface area contributed by atoms with Gasteiger partial charge in [-0.15, -0.1) is 0 Å². The van der Waals surface area contributed by atoms with Crippen molar-refractivity contribution in [1.29, 1.82) is 0 Å². The Morgan fingerprint density at radius 1 is 1.33 bits per heavy atom. The van der Waals surface area contributed by atoms with E-state index in [9.17, 15) is 13.2 Å². The van der Waals surface area contributed by atoms with Crippen LogP contribution < -0.4 is 4.72 Å². The van der Waals surface area contributed by atoms with Crippen LogP contribution in [0.15, 0.2) is 23.1 Å². The number of sulfonamides is 1. The largest absolute Gasteiger partial charge is 0.468 e. The van der Waals surface area contributed by atoms with E-state index in [-0.39, 0.29) is 21.4 Å². The highest BCUT2D eigenvalue weighted by molar-refractivity contribution is 7.89. The van der Waals surface area contributed by atoms with Crippen LogP contribution in [-0.4, -0.2) is 27.0 Å². The van der Waals surface area contributed by atoms with Gasteiger partial charge in [0.1, 0.15) is 10.4 Å². The highest BCUT2D eigenvalue weighted by Crippen LogP contribution is 2.30. The number of nitrogens with one attached hydrogen (secondary N) is 1. The van der Waals surface area contributed by atoms with E-state index in [0.717, 1.165) is 0 Å². The van der Waals surface area contributed by atoms with Gasteiger partial charge in [-0.3, -0.25) is 4.79 Å². The molecule has 21 heavy (non-hydrogen) atoms. The maximum absolute atomic E-state index is 12.5. The predicted molar refractivity (Wildman–Crippen MR) is 82.1 cm³/mol. The molecule has 1 aromatic rings. The Labute approximate surface area is 134 Å². The summed E-state index contributed by atoms with van der Waals surface area (Å²) in [5.74, 6) is -0.670. The van der Waals surface area contributed by atoms with Crippen LogP contribution in [0.5, 0.6) is 0 Å². The summed E-state index contributed by atoms with van der Waals surface area (Å²) in [7, 11) is -2.87. The number of hydrogen-bond acceptors (Lipinski definition) is 4. The molecule has 0 heterocycles. The van der Waals surface area contributed by atoms with Crippen molar-refractivity contribution < 1.29 is 17.9 Å². The molecule has 0 saturated heterocycles. The van der Waals surface area contributed by atoms with Crippen LogP contribution in [0.1, 0.15) is 26.7 Å². The lowest BCUT2D eigenvalue weighted by Gasteiger charge is -2.27. The third kappa shape index (κ3) is 4.10. The van der Waals surface area contributed by atoms with E-state index < -0.39 is 21.5 Å². The molecule has 0 aromatic heterocycles. The maximum atomic E-state index is 12.5. The summed E-state index contributed by atoms with van der Waals surface area (Å²) < 4.78 is 32.0. The zero-order valence-electron chi connectivity index (χ0n) is 11.9. The van der Waals surface area contributed by atoms with E-state index in [1.165, 1.54) is 32.2 Å². The molecule has 8 heteroatoms. The smallest absolute Gasteiger partial charge is 0.326 e. The van der Waals surface area contributed by atoms with Gasteiger partial charge >= 0.3 is 5.97 Å². The number of halogens is 2. The van der Waals surface area contributed by atoms with Crippen molar-refractivity contribution >= 4 is 39.2 Å². The Morgan fingerprint density at radius 2 is 1.86 bits per heavy atom.